The van der Waals surface area contributed by atoms with Crippen molar-refractivity contribution >= 4 is 0 Å². The first-order valence-corrected chi connectivity index (χ1v) is 6.04. The molecule has 1 aromatic heterocycles. The van der Waals surface area contributed by atoms with Gasteiger partial charge in [-0.05, 0) is 43.2 Å². The van der Waals surface area contributed by atoms with Crippen LogP contribution in [0.5, 0.6) is 5.75 Å². The van der Waals surface area contributed by atoms with E-state index in [9.17, 15) is 5.11 Å². The van der Waals surface area contributed by atoms with Crippen LogP contribution >= 0.6 is 0 Å². The molecule has 1 aromatic carbocycles. The van der Waals surface area contributed by atoms with Crippen LogP contribution in [0.4, 0.5) is 0 Å². The summed E-state index contributed by atoms with van der Waals surface area (Å²) in [6.07, 6.45) is 2.11. The maximum Gasteiger partial charge on any atom is 0.130 e. The standard InChI is InChI=1S/C15H17NO2/c1-12(17)10-13-5-7-15(8-6-13)18-11-14-4-2-3-9-16-14/h2-9,12,17H,10-11H2,1H3. The van der Waals surface area contributed by atoms with E-state index in [0.29, 0.717) is 13.0 Å². The Morgan fingerprint density at radius 3 is 2.56 bits per heavy atom. The van der Waals surface area contributed by atoms with Gasteiger partial charge in [0.05, 0.1) is 11.8 Å². The molecule has 0 aliphatic carbocycles. The Labute approximate surface area is 107 Å². The van der Waals surface area contributed by atoms with E-state index in [4.69, 9.17) is 4.74 Å². The van der Waals surface area contributed by atoms with E-state index < -0.39 is 0 Å². The van der Waals surface area contributed by atoms with Crippen molar-refractivity contribution in [2.75, 3.05) is 0 Å². The summed E-state index contributed by atoms with van der Waals surface area (Å²) in [5.41, 5.74) is 2.01. The van der Waals surface area contributed by atoms with Gasteiger partial charge in [0.15, 0.2) is 0 Å². The van der Waals surface area contributed by atoms with Gasteiger partial charge in [-0.15, -0.1) is 0 Å². The minimum atomic E-state index is -0.315. The van der Waals surface area contributed by atoms with Crippen molar-refractivity contribution in [3.63, 3.8) is 0 Å². The highest BCUT2D eigenvalue weighted by Gasteiger charge is 2.00. The maximum atomic E-state index is 9.29. The van der Waals surface area contributed by atoms with Crippen LogP contribution in [-0.2, 0) is 13.0 Å². The second-order valence-electron chi connectivity index (χ2n) is 4.31. The molecule has 18 heavy (non-hydrogen) atoms. The van der Waals surface area contributed by atoms with Gasteiger partial charge < -0.3 is 9.84 Å². The number of aromatic nitrogens is 1. The molecular formula is C15H17NO2. The first kappa shape index (κ1) is 12.6. The van der Waals surface area contributed by atoms with E-state index in [2.05, 4.69) is 4.98 Å². The monoisotopic (exact) mass is 243 g/mol. The van der Waals surface area contributed by atoms with E-state index in [-0.39, 0.29) is 6.10 Å². The first-order chi connectivity index (χ1) is 8.74. The van der Waals surface area contributed by atoms with Gasteiger partial charge >= 0.3 is 0 Å². The number of benzene rings is 1. The summed E-state index contributed by atoms with van der Waals surface area (Å²) >= 11 is 0. The summed E-state index contributed by atoms with van der Waals surface area (Å²) in [7, 11) is 0. The average Bonchev–Trinajstić information content (AvgIpc) is 2.38. The van der Waals surface area contributed by atoms with Crippen LogP contribution in [0.1, 0.15) is 18.2 Å². The fraction of sp³-hybridized carbons (Fsp3) is 0.267. The Balaban J connectivity index is 1.90. The van der Waals surface area contributed by atoms with Crippen molar-refractivity contribution in [2.45, 2.75) is 26.1 Å². The third-order valence-electron chi connectivity index (χ3n) is 2.57. The molecule has 1 atom stereocenters. The summed E-state index contributed by atoms with van der Waals surface area (Å²) < 4.78 is 5.63. The van der Waals surface area contributed by atoms with Gasteiger partial charge in [-0.2, -0.15) is 0 Å². The molecular weight excluding hydrogens is 226 g/mol. The molecule has 1 N–H and O–H groups in total. The number of rotatable bonds is 5. The third-order valence-corrected chi connectivity index (χ3v) is 2.57. The van der Waals surface area contributed by atoms with Crippen LogP contribution in [-0.4, -0.2) is 16.2 Å². The highest BCUT2D eigenvalue weighted by Crippen LogP contribution is 2.14. The Bertz CT molecular complexity index is 466. The summed E-state index contributed by atoms with van der Waals surface area (Å²) in [6.45, 7) is 2.25. The molecule has 2 rings (SSSR count). The summed E-state index contributed by atoms with van der Waals surface area (Å²) in [6, 6.07) is 13.5. The first-order valence-electron chi connectivity index (χ1n) is 6.04. The number of aliphatic hydroxyl groups excluding tert-OH is 1. The van der Waals surface area contributed by atoms with Crippen molar-refractivity contribution in [3.05, 3.63) is 59.9 Å². The number of nitrogens with zero attached hydrogens (tertiary/aromatic N) is 1. The van der Waals surface area contributed by atoms with Gasteiger partial charge in [-0.1, -0.05) is 18.2 Å². The minimum Gasteiger partial charge on any atom is -0.487 e. The SMILES string of the molecule is CC(O)Cc1ccc(OCc2ccccn2)cc1. The van der Waals surface area contributed by atoms with E-state index in [1.54, 1.807) is 13.1 Å². The molecule has 2 aromatic rings. The van der Waals surface area contributed by atoms with Crippen LogP contribution in [0.3, 0.4) is 0 Å². The molecule has 1 unspecified atom stereocenters. The van der Waals surface area contributed by atoms with Crippen molar-refractivity contribution in [3.8, 4) is 5.75 Å². The molecule has 0 saturated heterocycles. The van der Waals surface area contributed by atoms with E-state index in [1.807, 2.05) is 42.5 Å². The highest BCUT2D eigenvalue weighted by atomic mass is 16.5. The van der Waals surface area contributed by atoms with Gasteiger partial charge in [-0.25, -0.2) is 0 Å². The summed E-state index contributed by atoms with van der Waals surface area (Å²) in [5.74, 6) is 0.815. The number of pyridine rings is 1. The largest absolute Gasteiger partial charge is 0.487 e. The van der Waals surface area contributed by atoms with Crippen LogP contribution in [0.25, 0.3) is 0 Å². The zero-order chi connectivity index (χ0) is 12.8. The van der Waals surface area contributed by atoms with Gasteiger partial charge in [0, 0.05) is 6.20 Å². The molecule has 0 fully saturated rings. The van der Waals surface area contributed by atoms with Crippen molar-refractivity contribution < 1.29 is 9.84 Å². The third kappa shape index (κ3) is 3.86. The van der Waals surface area contributed by atoms with E-state index in [1.165, 1.54) is 0 Å². The number of ether oxygens (including phenoxy) is 1. The Morgan fingerprint density at radius 2 is 1.94 bits per heavy atom. The molecule has 0 radical (unpaired) electrons. The molecule has 0 bridgehead atoms. The van der Waals surface area contributed by atoms with Gasteiger partial charge in [0.2, 0.25) is 0 Å². The number of hydrogen-bond donors (Lipinski definition) is 1. The Hall–Kier alpha value is -1.87. The minimum absolute atomic E-state index is 0.315. The van der Waals surface area contributed by atoms with Crippen LogP contribution in [0.15, 0.2) is 48.7 Å². The maximum absolute atomic E-state index is 9.29. The molecule has 0 amide bonds. The topological polar surface area (TPSA) is 42.4 Å². The van der Waals surface area contributed by atoms with Crippen molar-refractivity contribution in [1.29, 1.82) is 0 Å². The second-order valence-corrected chi connectivity index (χ2v) is 4.31. The quantitative estimate of drug-likeness (QED) is 0.877. The Morgan fingerprint density at radius 1 is 1.17 bits per heavy atom. The zero-order valence-corrected chi connectivity index (χ0v) is 10.4. The molecule has 94 valence electrons. The molecule has 3 heteroatoms. The van der Waals surface area contributed by atoms with Gasteiger partial charge in [-0.3, -0.25) is 4.98 Å². The fourth-order valence-corrected chi connectivity index (χ4v) is 1.70. The summed E-state index contributed by atoms with van der Waals surface area (Å²) in [4.78, 5) is 4.19. The van der Waals surface area contributed by atoms with Gasteiger partial charge in [0.25, 0.3) is 0 Å². The lowest BCUT2D eigenvalue weighted by molar-refractivity contribution is 0.195. The number of hydrogen-bond acceptors (Lipinski definition) is 3. The van der Waals surface area contributed by atoms with Crippen LogP contribution < -0.4 is 4.74 Å². The lowest BCUT2D eigenvalue weighted by Crippen LogP contribution is -2.04. The van der Waals surface area contributed by atoms with Crippen molar-refractivity contribution in [1.82, 2.24) is 4.98 Å². The van der Waals surface area contributed by atoms with Crippen molar-refractivity contribution in [2.24, 2.45) is 0 Å². The second kappa shape index (κ2) is 6.17. The lowest BCUT2D eigenvalue weighted by atomic mass is 10.1. The van der Waals surface area contributed by atoms with Gasteiger partial charge in [0.1, 0.15) is 12.4 Å². The molecule has 0 aliphatic heterocycles. The van der Waals surface area contributed by atoms with Crippen LogP contribution in [0, 0.1) is 0 Å². The predicted octanol–water partition coefficient (Wildman–Crippen LogP) is 2.58. The normalized spacial score (nSPS) is 12.1. The summed E-state index contributed by atoms with van der Waals surface area (Å²) in [5, 5.41) is 9.29. The van der Waals surface area contributed by atoms with E-state index >= 15 is 0 Å². The highest BCUT2D eigenvalue weighted by molar-refractivity contribution is 5.27. The van der Waals surface area contributed by atoms with Crippen LogP contribution in [0.2, 0.25) is 0 Å². The lowest BCUT2D eigenvalue weighted by Gasteiger charge is -2.08. The van der Waals surface area contributed by atoms with E-state index in [0.717, 1.165) is 17.0 Å². The predicted molar refractivity (Wildman–Crippen MR) is 70.4 cm³/mol. The molecule has 0 spiro atoms. The molecule has 3 nitrogen and oxygen atoms in total. The number of aliphatic hydroxyl groups is 1. The zero-order valence-electron chi connectivity index (χ0n) is 10.4. The average molecular weight is 243 g/mol. The molecule has 1 heterocycles. The smallest absolute Gasteiger partial charge is 0.130 e. The fourth-order valence-electron chi connectivity index (χ4n) is 1.70. The molecule has 0 saturated carbocycles. The molecule has 0 aliphatic rings. The Kier molecular flexibility index (Phi) is 4.31.